The van der Waals surface area contributed by atoms with E-state index in [1.165, 1.54) is 12.3 Å². The first-order chi connectivity index (χ1) is 9.88. The Hall–Kier alpha value is -1.82. The van der Waals surface area contributed by atoms with E-state index in [0.29, 0.717) is 6.42 Å². The molecule has 1 rings (SSSR count). The molecule has 0 amide bonds. The van der Waals surface area contributed by atoms with Gasteiger partial charge in [0.25, 0.3) is 0 Å². The van der Waals surface area contributed by atoms with Crippen molar-refractivity contribution in [3.05, 3.63) is 48.1 Å². The topological polar surface area (TPSA) is 34.5 Å². The van der Waals surface area contributed by atoms with Gasteiger partial charge in [-0.3, -0.25) is 0 Å². The summed E-state index contributed by atoms with van der Waals surface area (Å²) >= 11 is 5.96. The highest BCUT2D eigenvalue weighted by molar-refractivity contribution is 6.69. The van der Waals surface area contributed by atoms with Crippen LogP contribution in [0.3, 0.4) is 0 Å². The van der Waals surface area contributed by atoms with E-state index in [1.807, 2.05) is 6.92 Å². The molecule has 0 aromatic carbocycles. The van der Waals surface area contributed by atoms with E-state index in [2.05, 4.69) is 9.98 Å². The van der Waals surface area contributed by atoms with Crippen LogP contribution in [0.25, 0.3) is 0 Å². The van der Waals surface area contributed by atoms with Crippen LogP contribution in [0.2, 0.25) is 0 Å². The van der Waals surface area contributed by atoms with Crippen LogP contribution in [0, 0.1) is 0 Å². The molecule has 0 bridgehead atoms. The van der Waals surface area contributed by atoms with Crippen LogP contribution < -0.4 is 4.74 Å². The van der Waals surface area contributed by atoms with E-state index in [9.17, 15) is 13.2 Å². The summed E-state index contributed by atoms with van der Waals surface area (Å²) in [6.45, 7) is 3.64. The number of allylic oxidation sites excluding steroid dienone is 3. The van der Waals surface area contributed by atoms with Gasteiger partial charge in [0.1, 0.15) is 11.4 Å². The van der Waals surface area contributed by atoms with Crippen LogP contribution in [0.1, 0.15) is 26.0 Å². The molecule has 0 N–H and O–H groups in total. The molecule has 0 saturated carbocycles. The maximum atomic E-state index is 12.4. The zero-order chi connectivity index (χ0) is 15.9. The first kappa shape index (κ1) is 17.2. The van der Waals surface area contributed by atoms with E-state index in [-0.39, 0.29) is 16.7 Å². The summed E-state index contributed by atoms with van der Waals surface area (Å²) in [5.74, 6) is 0.412. The number of rotatable bonds is 5. The second kappa shape index (κ2) is 7.83. The van der Waals surface area contributed by atoms with E-state index >= 15 is 0 Å². The lowest BCUT2D eigenvalue weighted by molar-refractivity contribution is -0.141. The molecule has 0 fully saturated rings. The Balaban J connectivity index is 2.93. The lowest BCUT2D eigenvalue weighted by atomic mass is 10.3. The fourth-order valence-electron chi connectivity index (χ4n) is 1.29. The molecule has 0 aliphatic carbocycles. The molecule has 7 heteroatoms. The largest absolute Gasteiger partial charge is 0.453 e. The predicted molar refractivity (Wildman–Crippen MR) is 76.3 cm³/mol. The van der Waals surface area contributed by atoms with Crippen molar-refractivity contribution < 1.29 is 17.9 Å². The fourth-order valence-corrected chi connectivity index (χ4v) is 1.46. The van der Waals surface area contributed by atoms with Crippen molar-refractivity contribution >= 4 is 16.8 Å². The van der Waals surface area contributed by atoms with Gasteiger partial charge in [-0.25, -0.2) is 9.98 Å². The molecule has 0 aliphatic heterocycles. The molecule has 21 heavy (non-hydrogen) atoms. The summed E-state index contributed by atoms with van der Waals surface area (Å²) in [5, 5.41) is 0.106. The van der Waals surface area contributed by atoms with Gasteiger partial charge in [-0.05, 0) is 31.6 Å². The molecule has 0 saturated heterocycles. The maximum Gasteiger partial charge on any atom is 0.433 e. The van der Waals surface area contributed by atoms with Gasteiger partial charge in [0, 0.05) is 6.20 Å². The maximum absolute atomic E-state index is 12.4. The lowest BCUT2D eigenvalue weighted by Gasteiger charge is -2.09. The van der Waals surface area contributed by atoms with Gasteiger partial charge in [0.2, 0.25) is 0 Å². The first-order valence-corrected chi connectivity index (χ1v) is 6.52. The summed E-state index contributed by atoms with van der Waals surface area (Å²) in [6, 6.07) is 2.02. The van der Waals surface area contributed by atoms with Crippen molar-refractivity contribution in [3.63, 3.8) is 0 Å². The first-order valence-electron chi connectivity index (χ1n) is 6.14. The average Bonchev–Trinajstić information content (AvgIpc) is 2.44. The average molecular weight is 319 g/mol. The number of alkyl halides is 3. The van der Waals surface area contributed by atoms with Crippen LogP contribution in [0.15, 0.2) is 47.4 Å². The highest BCUT2D eigenvalue weighted by Crippen LogP contribution is 2.28. The third kappa shape index (κ3) is 5.59. The Morgan fingerprint density at radius 3 is 2.62 bits per heavy atom. The number of hydrogen-bond donors (Lipinski definition) is 0. The molecule has 0 unspecified atom stereocenters. The Kier molecular flexibility index (Phi) is 6.42. The quantitative estimate of drug-likeness (QED) is 0.569. The molecule has 0 radical (unpaired) electrons. The highest BCUT2D eigenvalue weighted by atomic mass is 35.5. The highest BCUT2D eigenvalue weighted by Gasteiger charge is 2.32. The third-order valence-corrected chi connectivity index (χ3v) is 2.47. The smallest absolute Gasteiger partial charge is 0.433 e. The van der Waals surface area contributed by atoms with Gasteiger partial charge < -0.3 is 4.74 Å². The van der Waals surface area contributed by atoms with Crippen molar-refractivity contribution in [2.24, 2.45) is 4.99 Å². The summed E-state index contributed by atoms with van der Waals surface area (Å²) in [7, 11) is 0. The number of aromatic nitrogens is 1. The van der Waals surface area contributed by atoms with Gasteiger partial charge in [-0.2, -0.15) is 13.2 Å². The van der Waals surface area contributed by atoms with Gasteiger partial charge >= 0.3 is 6.18 Å². The molecule has 1 aromatic rings. The minimum atomic E-state index is -4.48. The molecular weight excluding hydrogens is 305 g/mol. The molecule has 0 spiro atoms. The fraction of sp³-hybridized carbons (Fsp3) is 0.286. The van der Waals surface area contributed by atoms with Crippen molar-refractivity contribution in [1.82, 2.24) is 4.98 Å². The summed E-state index contributed by atoms with van der Waals surface area (Å²) in [6.07, 6.45) is 1.99. The molecule has 1 aromatic heterocycles. The Bertz CT molecular complexity index is 548. The number of pyridine rings is 1. The lowest BCUT2D eigenvalue weighted by Crippen LogP contribution is -2.08. The summed E-state index contributed by atoms with van der Waals surface area (Å²) in [5.41, 5.74) is -0.982. The van der Waals surface area contributed by atoms with E-state index in [4.69, 9.17) is 16.3 Å². The van der Waals surface area contributed by atoms with Crippen molar-refractivity contribution in [1.29, 1.82) is 0 Å². The molecular formula is C14H14ClF3N2O. The van der Waals surface area contributed by atoms with Crippen LogP contribution in [-0.4, -0.2) is 10.2 Å². The van der Waals surface area contributed by atoms with E-state index in [1.54, 1.807) is 19.1 Å². The predicted octanol–water partition coefficient (Wildman–Crippen LogP) is 4.94. The van der Waals surface area contributed by atoms with E-state index < -0.39 is 11.9 Å². The number of nitrogens with zero attached hydrogens (tertiary/aromatic N) is 2. The standard InChI is InChI=1S/C14H14ClF3N2O/c1-3-5-11(13(15)19-8-4-2)21-10-6-7-12(20-9-10)14(16,17)18/h4-9H,3H2,1-2H3/b8-4-,11-5-,19-13+. The Morgan fingerprint density at radius 2 is 2.14 bits per heavy atom. The van der Waals surface area contributed by atoms with Gasteiger partial charge in [0.05, 0.1) is 6.20 Å². The Morgan fingerprint density at radius 1 is 1.43 bits per heavy atom. The minimum absolute atomic E-state index is 0.106. The van der Waals surface area contributed by atoms with Gasteiger partial charge in [-0.15, -0.1) is 0 Å². The van der Waals surface area contributed by atoms with Crippen LogP contribution in [0.5, 0.6) is 5.75 Å². The van der Waals surface area contributed by atoms with Crippen molar-refractivity contribution in [2.75, 3.05) is 0 Å². The van der Waals surface area contributed by atoms with Crippen LogP contribution in [0.4, 0.5) is 13.2 Å². The monoisotopic (exact) mass is 318 g/mol. The molecule has 114 valence electrons. The second-order valence-electron chi connectivity index (χ2n) is 3.86. The normalized spacial score (nSPS) is 13.8. The zero-order valence-electron chi connectivity index (χ0n) is 11.5. The third-order valence-electron chi connectivity index (χ3n) is 2.18. The Labute approximate surface area is 125 Å². The molecule has 1 heterocycles. The zero-order valence-corrected chi connectivity index (χ0v) is 12.2. The van der Waals surface area contributed by atoms with Crippen molar-refractivity contribution in [2.45, 2.75) is 26.4 Å². The second-order valence-corrected chi connectivity index (χ2v) is 4.22. The number of aliphatic imine (C=N–C) groups is 1. The molecule has 0 aliphatic rings. The number of hydrogen-bond acceptors (Lipinski definition) is 3. The minimum Gasteiger partial charge on any atom is -0.453 e. The molecule has 3 nitrogen and oxygen atoms in total. The number of ether oxygens (including phenoxy) is 1. The summed E-state index contributed by atoms with van der Waals surface area (Å²) < 4.78 is 42.6. The van der Waals surface area contributed by atoms with Gasteiger partial charge in [-0.1, -0.05) is 24.6 Å². The van der Waals surface area contributed by atoms with Gasteiger partial charge in [0.15, 0.2) is 10.9 Å². The van der Waals surface area contributed by atoms with Crippen LogP contribution in [-0.2, 0) is 6.18 Å². The SMILES string of the molecule is C\C=C/N=C(Cl)\C(=C\CC)Oc1ccc(C(F)(F)F)nc1. The van der Waals surface area contributed by atoms with E-state index in [0.717, 1.165) is 12.3 Å². The van der Waals surface area contributed by atoms with Crippen LogP contribution >= 0.6 is 11.6 Å². The molecule has 0 atom stereocenters. The number of halogens is 4. The van der Waals surface area contributed by atoms with Crippen molar-refractivity contribution in [3.8, 4) is 5.75 Å². The summed E-state index contributed by atoms with van der Waals surface area (Å²) in [4.78, 5) is 7.23.